The van der Waals surface area contributed by atoms with Crippen molar-refractivity contribution < 1.29 is 9.05 Å². The third-order valence-corrected chi connectivity index (χ3v) is 16.9. The Kier molecular flexibility index (Phi) is 7.02. The molecule has 0 aromatic heterocycles. The SMILES string of the molecule is C=COP1(Cl)=NP(Cl)(Cl)=NP(Cl)(OC=C)=NP(Cl)(Cl)=N1. The van der Waals surface area contributed by atoms with Gasteiger partial charge in [0.15, 0.2) is 0 Å². The smallest absolute Gasteiger partial charge is 0.350 e. The minimum absolute atomic E-state index is 1.01. The van der Waals surface area contributed by atoms with Gasteiger partial charge in [0.2, 0.25) is 0 Å². The number of hydrogen-bond acceptors (Lipinski definition) is 6. The van der Waals surface area contributed by atoms with Gasteiger partial charge in [-0.2, -0.15) is 18.1 Å². The Bertz CT molecular complexity index is 591. The van der Waals surface area contributed by atoms with Gasteiger partial charge in [0.05, 0.1) is 12.5 Å². The van der Waals surface area contributed by atoms with E-state index in [0.29, 0.717) is 0 Å². The van der Waals surface area contributed by atoms with Crippen molar-refractivity contribution in [1.29, 1.82) is 0 Å². The molecule has 20 heavy (non-hydrogen) atoms. The van der Waals surface area contributed by atoms with E-state index in [1.54, 1.807) is 0 Å². The molecule has 2 unspecified atom stereocenters. The monoisotopic (exact) mass is 476 g/mol. The average Bonchev–Trinajstić information content (AvgIpc) is 2.09. The van der Waals surface area contributed by atoms with Crippen LogP contribution in [0, 0.1) is 0 Å². The predicted molar refractivity (Wildman–Crippen MR) is 95.1 cm³/mol. The van der Waals surface area contributed by atoms with Crippen molar-refractivity contribution >= 4 is 92.8 Å². The fraction of sp³-hybridized carbons (Fsp3) is 0. The van der Waals surface area contributed by atoms with E-state index in [9.17, 15) is 0 Å². The Morgan fingerprint density at radius 2 is 0.950 bits per heavy atom. The highest BCUT2D eigenvalue weighted by atomic mass is 35.9. The van der Waals surface area contributed by atoms with E-state index in [2.05, 4.69) is 31.2 Å². The van der Waals surface area contributed by atoms with Crippen LogP contribution in [-0.4, -0.2) is 0 Å². The summed E-state index contributed by atoms with van der Waals surface area (Å²) in [5.74, 6) is -6.74. The van der Waals surface area contributed by atoms with E-state index in [1.165, 1.54) is 0 Å². The Labute approximate surface area is 145 Å². The molecule has 16 heteroatoms. The van der Waals surface area contributed by atoms with E-state index in [1.807, 2.05) is 0 Å². The molecule has 0 aliphatic carbocycles. The van der Waals surface area contributed by atoms with E-state index >= 15 is 0 Å². The van der Waals surface area contributed by atoms with Gasteiger partial charge in [-0.3, -0.25) is 0 Å². The lowest BCUT2D eigenvalue weighted by Crippen LogP contribution is -1.76. The molecule has 2 atom stereocenters. The van der Waals surface area contributed by atoms with Gasteiger partial charge in [-0.15, -0.1) is 0 Å². The molecule has 0 bridgehead atoms. The number of nitrogens with zero attached hydrogens (tertiary/aromatic N) is 4. The van der Waals surface area contributed by atoms with Crippen molar-refractivity contribution in [2.75, 3.05) is 0 Å². The maximum absolute atomic E-state index is 6.08. The summed E-state index contributed by atoms with van der Waals surface area (Å²) in [5.41, 5.74) is 0. The topological polar surface area (TPSA) is 67.9 Å². The predicted octanol–water partition coefficient (Wildman–Crippen LogP) is 9.54. The van der Waals surface area contributed by atoms with Crippen LogP contribution < -0.4 is 0 Å². The van der Waals surface area contributed by atoms with Crippen molar-refractivity contribution in [1.82, 2.24) is 0 Å². The van der Waals surface area contributed by atoms with Crippen LogP contribution in [0.2, 0.25) is 0 Å². The second-order valence-corrected chi connectivity index (χ2v) is 19.1. The average molecular weight is 479 g/mol. The quantitative estimate of drug-likeness (QED) is 0.298. The van der Waals surface area contributed by atoms with Crippen LogP contribution in [0.5, 0.6) is 0 Å². The third-order valence-electron chi connectivity index (χ3n) is 1.29. The summed E-state index contributed by atoms with van der Waals surface area (Å²) in [6.45, 7) is -0.0896. The lowest BCUT2D eigenvalue weighted by atomic mass is 11.2. The summed E-state index contributed by atoms with van der Waals surface area (Å²) >= 11 is 36.1. The summed E-state index contributed by atoms with van der Waals surface area (Å²) in [5, 5.41) is 0. The van der Waals surface area contributed by atoms with Crippen molar-refractivity contribution in [3.8, 4) is 0 Å². The lowest BCUT2D eigenvalue weighted by Gasteiger charge is -2.21. The van der Waals surface area contributed by atoms with Crippen LogP contribution in [0.25, 0.3) is 0 Å². The first-order valence-corrected chi connectivity index (χ1v) is 16.3. The fourth-order valence-electron chi connectivity index (χ4n) is 0.876. The molecule has 1 aliphatic heterocycles. The van der Waals surface area contributed by atoms with Gasteiger partial charge in [0.1, 0.15) is 0 Å². The largest absolute Gasteiger partial charge is 0.439 e. The van der Waals surface area contributed by atoms with Crippen LogP contribution in [-0.2, 0) is 9.05 Å². The van der Waals surface area contributed by atoms with Gasteiger partial charge in [-0.25, -0.2) is 0 Å². The van der Waals surface area contributed by atoms with Crippen LogP contribution >= 0.6 is 92.8 Å². The molecule has 0 radical (unpaired) electrons. The van der Waals surface area contributed by atoms with Gasteiger partial charge in [-0.1, -0.05) is 13.2 Å². The van der Waals surface area contributed by atoms with Gasteiger partial charge in [-0.05, 0) is 67.4 Å². The molecule has 0 aromatic carbocycles. The number of hydrogen-bond donors (Lipinski definition) is 0. The van der Waals surface area contributed by atoms with E-state index in [-0.39, 0.29) is 0 Å². The highest BCUT2D eigenvalue weighted by molar-refractivity contribution is 8.19. The first-order valence-electron chi connectivity index (χ1n) is 4.27. The molecule has 0 fully saturated rings. The van der Waals surface area contributed by atoms with Gasteiger partial charge < -0.3 is 9.05 Å². The number of halogens is 6. The Morgan fingerprint density at radius 1 is 0.650 bits per heavy atom. The Morgan fingerprint density at radius 3 is 1.20 bits per heavy atom. The normalized spacial score (nSPS) is 34.7. The zero-order valence-corrected chi connectivity index (χ0v) is 17.3. The van der Waals surface area contributed by atoms with Crippen LogP contribution in [0.4, 0.5) is 0 Å². The van der Waals surface area contributed by atoms with Crippen molar-refractivity contribution in [2.45, 2.75) is 0 Å². The number of rotatable bonds is 4. The second-order valence-electron chi connectivity index (χ2n) is 2.76. The summed E-state index contributed by atoms with van der Waals surface area (Å²) in [6.07, 6.45) is 2.03. The Hall–Kier alpha value is 1.74. The second kappa shape index (κ2) is 7.10. The molecule has 1 rings (SSSR count). The summed E-state index contributed by atoms with van der Waals surface area (Å²) in [6, 6.07) is 0. The maximum Gasteiger partial charge on any atom is 0.350 e. The molecule has 116 valence electrons. The minimum atomic E-state index is -3.39. The Balaban J connectivity index is 3.70. The summed E-state index contributed by atoms with van der Waals surface area (Å²) in [7, 11) is 0. The van der Waals surface area contributed by atoms with Gasteiger partial charge >= 0.3 is 13.6 Å². The maximum atomic E-state index is 6.08. The molecule has 0 saturated carbocycles. The zero-order chi connectivity index (χ0) is 15.7. The van der Waals surface area contributed by atoms with Crippen molar-refractivity contribution in [3.05, 3.63) is 25.7 Å². The molecular weight excluding hydrogens is 473 g/mol. The molecule has 0 aromatic rings. The summed E-state index contributed by atoms with van der Waals surface area (Å²) < 4.78 is 25.6. The molecule has 6 nitrogen and oxygen atoms in total. The standard InChI is InChI=1S/C4H6Cl6N4O2P4/c1-3-15-19(9)11-17(5,6)13-20(10,16-4-2)14-18(7,8)12-19/h3-4H,1-2H2. The molecule has 0 amide bonds. The first kappa shape index (κ1) is 19.8. The van der Waals surface area contributed by atoms with Gasteiger partial charge in [0.25, 0.3) is 11.8 Å². The zero-order valence-electron chi connectivity index (χ0n) is 9.23. The summed E-state index contributed by atoms with van der Waals surface area (Å²) in [4.78, 5) is 0. The van der Waals surface area contributed by atoms with Crippen molar-refractivity contribution in [2.24, 2.45) is 18.1 Å². The third kappa shape index (κ3) is 6.09. The van der Waals surface area contributed by atoms with Crippen molar-refractivity contribution in [3.63, 3.8) is 0 Å². The molecule has 0 N–H and O–H groups in total. The van der Waals surface area contributed by atoms with E-state index in [0.717, 1.165) is 12.5 Å². The molecule has 1 aliphatic rings. The molecule has 0 spiro atoms. The molecule has 1 heterocycles. The molecular formula is C4H6Cl6N4O2P4. The minimum Gasteiger partial charge on any atom is -0.439 e. The van der Waals surface area contributed by atoms with Gasteiger partial charge in [0, 0.05) is 0 Å². The van der Waals surface area contributed by atoms with E-state index in [4.69, 9.17) is 76.5 Å². The van der Waals surface area contributed by atoms with E-state index < -0.39 is 25.4 Å². The lowest BCUT2D eigenvalue weighted by molar-refractivity contribution is 0.541. The highest BCUT2D eigenvalue weighted by Gasteiger charge is 2.34. The van der Waals surface area contributed by atoms with Crippen LogP contribution in [0.3, 0.4) is 0 Å². The first-order chi connectivity index (χ1) is 8.95. The van der Waals surface area contributed by atoms with Crippen LogP contribution in [0.15, 0.2) is 43.7 Å². The highest BCUT2D eigenvalue weighted by Crippen LogP contribution is 2.86. The fourth-order valence-corrected chi connectivity index (χ4v) is 21.0. The molecule has 0 saturated heterocycles. The van der Waals surface area contributed by atoms with Crippen LogP contribution in [0.1, 0.15) is 0 Å².